The van der Waals surface area contributed by atoms with E-state index in [1.807, 2.05) is 19.2 Å². The molecule has 4 heterocycles. The van der Waals surface area contributed by atoms with Crippen molar-refractivity contribution in [3.63, 3.8) is 0 Å². The van der Waals surface area contributed by atoms with Crippen LogP contribution in [-0.4, -0.2) is 29.3 Å². The average Bonchev–Trinajstić information content (AvgIpc) is 3.34. The fourth-order valence-corrected chi connectivity index (χ4v) is 4.61. The Balaban J connectivity index is 1.72. The quantitative estimate of drug-likeness (QED) is 0.417. The Bertz CT molecular complexity index is 1490. The second-order valence-electron chi connectivity index (χ2n) is 7.02. The van der Waals surface area contributed by atoms with E-state index in [9.17, 15) is 9.18 Å². The minimum absolute atomic E-state index is 0.196. The molecule has 4 aromatic heterocycles. The van der Waals surface area contributed by atoms with Gasteiger partial charge in [0, 0.05) is 16.1 Å². The number of H-pyrrole nitrogens is 1. The zero-order valence-corrected chi connectivity index (χ0v) is 17.9. The lowest BCUT2D eigenvalue weighted by atomic mass is 10.0. The first kappa shape index (κ1) is 19.6. The molecule has 0 aliphatic heterocycles. The molecule has 0 fully saturated rings. The van der Waals surface area contributed by atoms with Crippen LogP contribution in [0.15, 0.2) is 41.0 Å². The zero-order valence-electron chi connectivity index (χ0n) is 16.3. The van der Waals surface area contributed by atoms with Crippen LogP contribution in [0.3, 0.4) is 0 Å². The number of anilines is 1. The van der Waals surface area contributed by atoms with Crippen LogP contribution in [0.25, 0.3) is 27.3 Å². The topological polar surface area (TPSA) is 101 Å². The van der Waals surface area contributed by atoms with E-state index < -0.39 is 11.9 Å². The van der Waals surface area contributed by atoms with Crippen molar-refractivity contribution in [2.75, 3.05) is 5.32 Å². The molecule has 5 aromatic rings. The van der Waals surface area contributed by atoms with Gasteiger partial charge in [-0.05, 0) is 37.6 Å². The summed E-state index contributed by atoms with van der Waals surface area (Å²) < 4.78 is 15.7. The molecule has 2 N–H and O–H groups in total. The van der Waals surface area contributed by atoms with E-state index in [4.69, 9.17) is 16.6 Å². The van der Waals surface area contributed by atoms with Gasteiger partial charge in [0.05, 0.1) is 23.6 Å². The molecule has 0 saturated carbocycles. The molecule has 0 aliphatic carbocycles. The second kappa shape index (κ2) is 7.40. The molecular formula is C20H15ClFN7OS. The Morgan fingerprint density at radius 1 is 1.26 bits per heavy atom. The first-order valence-electron chi connectivity index (χ1n) is 9.30. The zero-order chi connectivity index (χ0) is 21.7. The summed E-state index contributed by atoms with van der Waals surface area (Å²) in [5.74, 6) is -0.0408. The van der Waals surface area contributed by atoms with Gasteiger partial charge in [0.15, 0.2) is 16.4 Å². The number of nitrogens with zero attached hydrogens (tertiary/aromatic N) is 5. The van der Waals surface area contributed by atoms with Crippen molar-refractivity contribution in [3.05, 3.63) is 68.8 Å². The lowest BCUT2D eigenvalue weighted by molar-refractivity contribution is 0.628. The molecule has 0 amide bonds. The van der Waals surface area contributed by atoms with Crippen molar-refractivity contribution >= 4 is 44.9 Å². The number of rotatable bonds is 4. The van der Waals surface area contributed by atoms with E-state index in [2.05, 4.69) is 25.3 Å². The monoisotopic (exact) mass is 455 g/mol. The molecule has 156 valence electrons. The van der Waals surface area contributed by atoms with E-state index >= 15 is 0 Å². The highest BCUT2D eigenvalue weighted by Crippen LogP contribution is 2.31. The molecule has 31 heavy (non-hydrogen) atoms. The summed E-state index contributed by atoms with van der Waals surface area (Å²) in [6.07, 6.45) is 2.94. The number of hydrogen-bond acceptors (Lipinski definition) is 7. The summed E-state index contributed by atoms with van der Waals surface area (Å²) in [5.41, 5.74) is 2.69. The van der Waals surface area contributed by atoms with E-state index in [1.54, 1.807) is 6.07 Å². The van der Waals surface area contributed by atoms with Gasteiger partial charge in [-0.3, -0.25) is 9.20 Å². The normalized spacial score (nSPS) is 12.5. The molecule has 0 saturated heterocycles. The maximum Gasteiger partial charge on any atom is 0.266 e. The molecule has 0 bridgehead atoms. The number of halogens is 2. The second-order valence-corrected chi connectivity index (χ2v) is 8.29. The van der Waals surface area contributed by atoms with Crippen LogP contribution >= 0.6 is 22.9 Å². The van der Waals surface area contributed by atoms with Crippen molar-refractivity contribution in [2.45, 2.75) is 19.9 Å². The van der Waals surface area contributed by atoms with Crippen molar-refractivity contribution in [1.29, 1.82) is 0 Å². The number of aromatic nitrogens is 6. The minimum Gasteiger partial charge on any atom is -0.360 e. The predicted molar refractivity (Wildman–Crippen MR) is 118 cm³/mol. The van der Waals surface area contributed by atoms with Crippen LogP contribution < -0.4 is 10.9 Å². The standard InChI is InChI=1S/C20H15ClFN7OS/c1-9-6-31-20-28-15(10(2)27-18-16-17(24-7-23-16)25-8-26-18)14(19(30)29(9)20)11-3-12(21)5-13(22)4-11/h3-8,10H,1-2H3,(H2,23,24,25,26,27). The molecule has 11 heteroatoms. The van der Waals surface area contributed by atoms with Gasteiger partial charge in [-0.15, -0.1) is 11.3 Å². The Labute approximate surface area is 183 Å². The molecular weight excluding hydrogens is 441 g/mol. The number of benzene rings is 1. The van der Waals surface area contributed by atoms with Crippen molar-refractivity contribution in [2.24, 2.45) is 0 Å². The smallest absolute Gasteiger partial charge is 0.266 e. The number of imidazole rings is 1. The van der Waals surface area contributed by atoms with Gasteiger partial charge in [0.25, 0.3) is 5.56 Å². The molecule has 0 radical (unpaired) electrons. The third kappa shape index (κ3) is 3.33. The Kier molecular flexibility index (Phi) is 4.67. The van der Waals surface area contributed by atoms with Gasteiger partial charge in [-0.2, -0.15) is 0 Å². The van der Waals surface area contributed by atoms with E-state index in [1.165, 1.54) is 40.5 Å². The summed E-state index contributed by atoms with van der Waals surface area (Å²) >= 11 is 7.44. The third-order valence-electron chi connectivity index (χ3n) is 4.90. The largest absolute Gasteiger partial charge is 0.360 e. The minimum atomic E-state index is -0.533. The number of aromatic amines is 1. The average molecular weight is 456 g/mol. The fraction of sp³-hybridized carbons (Fsp3) is 0.150. The molecule has 1 atom stereocenters. The maximum absolute atomic E-state index is 14.1. The number of fused-ring (bicyclic) bond motifs is 2. The molecule has 1 unspecified atom stereocenters. The van der Waals surface area contributed by atoms with Gasteiger partial charge >= 0.3 is 0 Å². The van der Waals surface area contributed by atoms with Crippen LogP contribution in [0, 0.1) is 12.7 Å². The van der Waals surface area contributed by atoms with Crippen molar-refractivity contribution in [3.8, 4) is 11.1 Å². The van der Waals surface area contributed by atoms with Crippen LogP contribution in [0.2, 0.25) is 5.02 Å². The summed E-state index contributed by atoms with van der Waals surface area (Å²) in [7, 11) is 0. The third-order valence-corrected chi connectivity index (χ3v) is 6.06. The van der Waals surface area contributed by atoms with Crippen molar-refractivity contribution in [1.82, 2.24) is 29.3 Å². The number of hydrogen-bond donors (Lipinski definition) is 2. The highest BCUT2D eigenvalue weighted by atomic mass is 35.5. The van der Waals surface area contributed by atoms with Crippen LogP contribution in [0.5, 0.6) is 0 Å². The number of aryl methyl sites for hydroxylation is 1. The molecule has 0 spiro atoms. The van der Waals surface area contributed by atoms with Gasteiger partial charge in [-0.25, -0.2) is 24.3 Å². The van der Waals surface area contributed by atoms with Gasteiger partial charge in [0.2, 0.25) is 0 Å². The van der Waals surface area contributed by atoms with Gasteiger partial charge in [0.1, 0.15) is 17.7 Å². The highest BCUT2D eigenvalue weighted by molar-refractivity contribution is 7.15. The highest BCUT2D eigenvalue weighted by Gasteiger charge is 2.23. The summed E-state index contributed by atoms with van der Waals surface area (Å²) in [4.78, 5) is 34.3. The van der Waals surface area contributed by atoms with Gasteiger partial charge < -0.3 is 10.3 Å². The summed E-state index contributed by atoms with van der Waals surface area (Å²) in [6.45, 7) is 3.68. The van der Waals surface area contributed by atoms with Crippen LogP contribution in [0.4, 0.5) is 10.2 Å². The summed E-state index contributed by atoms with van der Waals surface area (Å²) in [6, 6.07) is 3.59. The first-order valence-corrected chi connectivity index (χ1v) is 10.6. The van der Waals surface area contributed by atoms with Gasteiger partial charge in [-0.1, -0.05) is 11.6 Å². The van der Waals surface area contributed by atoms with Crippen molar-refractivity contribution < 1.29 is 4.39 Å². The predicted octanol–water partition coefficient (Wildman–Crippen LogP) is 4.36. The Hall–Kier alpha value is -3.37. The van der Waals surface area contributed by atoms with Crippen LogP contribution in [-0.2, 0) is 0 Å². The molecule has 8 nitrogen and oxygen atoms in total. The summed E-state index contributed by atoms with van der Waals surface area (Å²) in [5, 5.41) is 5.31. The lowest BCUT2D eigenvalue weighted by Crippen LogP contribution is -2.23. The lowest BCUT2D eigenvalue weighted by Gasteiger charge is -2.18. The van der Waals surface area contributed by atoms with E-state index in [0.717, 1.165) is 5.69 Å². The molecule has 0 aliphatic rings. The molecule has 1 aromatic carbocycles. The number of thiazole rings is 1. The maximum atomic E-state index is 14.1. The SMILES string of the molecule is Cc1csc2nc(C(C)Nc3ncnc4[nH]cnc34)c(-c3cc(F)cc(Cl)c3)c(=O)n12. The number of nitrogens with one attached hydrogen (secondary N) is 2. The fourth-order valence-electron chi connectivity index (χ4n) is 3.52. The Morgan fingerprint density at radius 2 is 2.10 bits per heavy atom. The Morgan fingerprint density at radius 3 is 2.90 bits per heavy atom. The molecule has 5 rings (SSSR count). The van der Waals surface area contributed by atoms with Crippen LogP contribution in [0.1, 0.15) is 24.4 Å². The van der Waals surface area contributed by atoms with E-state index in [-0.39, 0.29) is 16.1 Å². The van der Waals surface area contributed by atoms with E-state index in [0.29, 0.717) is 33.2 Å². The first-order chi connectivity index (χ1) is 14.9.